The van der Waals surface area contributed by atoms with Crippen LogP contribution in [0.3, 0.4) is 0 Å². The number of allylic oxidation sites excluding steroid dienone is 2. The SMILES string of the molecule is COc1cc([C@H]2C3=CC[C@@H]4C(=O)N(c5ccc(C(=O)O)c(O)c5)C(=O)[C@@H]4[C@@H]3C[C@H]3C(=O)N(c4cccc(Cl)c4)C(=O)[C@@]23c2ccccc2)ccc1O. The quantitative estimate of drug-likeness (QED) is 0.165. The number of rotatable bonds is 6. The van der Waals surface area contributed by atoms with E-state index in [2.05, 4.69) is 0 Å². The number of phenols is 2. The lowest BCUT2D eigenvalue weighted by Gasteiger charge is -2.50. The van der Waals surface area contributed by atoms with Crippen LogP contribution >= 0.6 is 11.6 Å². The Morgan fingerprint density at radius 3 is 2.25 bits per heavy atom. The summed E-state index contributed by atoms with van der Waals surface area (Å²) in [5.41, 5.74) is 0.293. The zero-order valence-corrected chi connectivity index (χ0v) is 28.4. The highest BCUT2D eigenvalue weighted by atomic mass is 35.5. The van der Waals surface area contributed by atoms with Crippen molar-refractivity contribution < 1.29 is 44.0 Å². The lowest BCUT2D eigenvalue weighted by Crippen LogP contribution is -2.53. The van der Waals surface area contributed by atoms with Crippen molar-refractivity contribution >= 4 is 52.6 Å². The van der Waals surface area contributed by atoms with E-state index in [0.29, 0.717) is 27.4 Å². The third kappa shape index (κ3) is 4.61. The number of imide groups is 2. The molecule has 4 aromatic rings. The third-order valence-corrected chi connectivity index (χ3v) is 11.4. The van der Waals surface area contributed by atoms with Gasteiger partial charge in [-0.1, -0.05) is 65.7 Å². The molecule has 0 spiro atoms. The number of fused-ring (bicyclic) bond motifs is 4. The van der Waals surface area contributed by atoms with Crippen molar-refractivity contribution in [2.24, 2.45) is 23.7 Å². The number of carboxylic acid groups (broad SMARTS) is 1. The summed E-state index contributed by atoms with van der Waals surface area (Å²) in [6.07, 6.45) is 2.11. The second-order valence-corrected chi connectivity index (χ2v) is 14.0. The summed E-state index contributed by atoms with van der Waals surface area (Å²) in [7, 11) is 1.41. The normalized spacial score (nSPS) is 26.5. The Morgan fingerprint density at radius 1 is 0.808 bits per heavy atom. The smallest absolute Gasteiger partial charge is 0.339 e. The van der Waals surface area contributed by atoms with Crippen molar-refractivity contribution in [3.05, 3.63) is 124 Å². The molecule has 2 heterocycles. The Labute approximate surface area is 302 Å². The van der Waals surface area contributed by atoms with Gasteiger partial charge in [0.25, 0.3) is 0 Å². The molecule has 6 atom stereocenters. The molecule has 2 saturated heterocycles. The number of halogens is 1. The molecule has 1 saturated carbocycles. The first-order valence-corrected chi connectivity index (χ1v) is 17.1. The Bertz CT molecular complexity index is 2250. The minimum absolute atomic E-state index is 0.0296. The molecule has 12 heteroatoms. The van der Waals surface area contributed by atoms with Crippen LogP contribution in [0.4, 0.5) is 11.4 Å². The van der Waals surface area contributed by atoms with Crippen molar-refractivity contribution in [3.63, 3.8) is 0 Å². The third-order valence-electron chi connectivity index (χ3n) is 11.2. The fraction of sp³-hybridized carbons (Fsp3) is 0.225. The fourth-order valence-electron chi connectivity index (χ4n) is 9.09. The Hall–Kier alpha value is -5.94. The van der Waals surface area contributed by atoms with E-state index in [-0.39, 0.29) is 35.6 Å². The Morgan fingerprint density at radius 2 is 1.56 bits per heavy atom. The molecule has 262 valence electrons. The van der Waals surface area contributed by atoms with Gasteiger partial charge < -0.3 is 20.1 Å². The zero-order chi connectivity index (χ0) is 36.6. The number of aromatic carboxylic acids is 1. The van der Waals surface area contributed by atoms with Crippen molar-refractivity contribution in [2.75, 3.05) is 16.9 Å². The van der Waals surface area contributed by atoms with Crippen molar-refractivity contribution in [3.8, 4) is 17.2 Å². The molecule has 52 heavy (non-hydrogen) atoms. The van der Waals surface area contributed by atoms with Gasteiger partial charge in [0.1, 0.15) is 11.3 Å². The number of carboxylic acids is 1. The number of benzene rings is 4. The molecule has 0 aromatic heterocycles. The molecule has 0 bridgehead atoms. The summed E-state index contributed by atoms with van der Waals surface area (Å²) in [4.78, 5) is 72.4. The molecule has 8 rings (SSSR count). The maximum absolute atomic E-state index is 15.3. The number of amides is 4. The number of aromatic hydroxyl groups is 2. The summed E-state index contributed by atoms with van der Waals surface area (Å²) in [5.74, 6) is -8.18. The molecule has 0 unspecified atom stereocenters. The number of hydrogen-bond acceptors (Lipinski definition) is 8. The molecule has 4 amide bonds. The molecule has 3 N–H and O–H groups in total. The summed E-state index contributed by atoms with van der Waals surface area (Å²) in [6.45, 7) is 0. The van der Waals surface area contributed by atoms with Crippen LogP contribution in [0, 0.1) is 23.7 Å². The number of hydrogen-bond donors (Lipinski definition) is 3. The second-order valence-electron chi connectivity index (χ2n) is 13.5. The van der Waals surface area contributed by atoms with Crippen LogP contribution in [-0.4, -0.2) is 52.0 Å². The topological polar surface area (TPSA) is 162 Å². The van der Waals surface area contributed by atoms with Gasteiger partial charge in [-0.25, -0.2) is 14.6 Å². The summed E-state index contributed by atoms with van der Waals surface area (Å²) >= 11 is 6.37. The predicted molar refractivity (Wildman–Crippen MR) is 188 cm³/mol. The largest absolute Gasteiger partial charge is 0.507 e. The van der Waals surface area contributed by atoms with E-state index in [1.165, 1.54) is 24.1 Å². The van der Waals surface area contributed by atoms with E-state index in [1.807, 2.05) is 24.3 Å². The lowest BCUT2D eigenvalue weighted by atomic mass is 9.49. The average Bonchev–Trinajstić information content (AvgIpc) is 3.52. The molecular weight excluding hydrogens is 688 g/mol. The van der Waals surface area contributed by atoms with E-state index in [9.17, 15) is 34.5 Å². The molecule has 2 aliphatic carbocycles. The van der Waals surface area contributed by atoms with E-state index in [1.54, 1.807) is 48.5 Å². The molecule has 3 fully saturated rings. The molecule has 4 aliphatic rings. The number of carbonyl (C=O) groups excluding carboxylic acids is 4. The molecule has 2 aliphatic heterocycles. The maximum Gasteiger partial charge on any atom is 0.339 e. The lowest BCUT2D eigenvalue weighted by molar-refractivity contribution is -0.127. The van der Waals surface area contributed by atoms with Crippen LogP contribution in [0.2, 0.25) is 5.02 Å². The first-order valence-electron chi connectivity index (χ1n) is 16.7. The molecular formula is C40H31ClN2O9. The number of nitrogens with zero attached hydrogens (tertiary/aromatic N) is 2. The van der Waals surface area contributed by atoms with Crippen molar-refractivity contribution in [1.82, 2.24) is 0 Å². The van der Waals surface area contributed by atoms with Gasteiger partial charge in [0, 0.05) is 17.0 Å². The molecule has 11 nitrogen and oxygen atoms in total. The van der Waals surface area contributed by atoms with Gasteiger partial charge in [-0.2, -0.15) is 0 Å². The second kappa shape index (κ2) is 12.1. The molecule has 0 radical (unpaired) electrons. The van der Waals surface area contributed by atoms with Gasteiger partial charge in [-0.15, -0.1) is 0 Å². The highest BCUT2D eigenvalue weighted by molar-refractivity contribution is 6.32. The van der Waals surface area contributed by atoms with Gasteiger partial charge in [0.15, 0.2) is 11.5 Å². The van der Waals surface area contributed by atoms with E-state index < -0.39 is 70.4 Å². The fourth-order valence-corrected chi connectivity index (χ4v) is 9.27. The van der Waals surface area contributed by atoms with Gasteiger partial charge in [-0.3, -0.25) is 19.2 Å². The first kappa shape index (κ1) is 33.2. The van der Waals surface area contributed by atoms with Crippen molar-refractivity contribution in [2.45, 2.75) is 24.2 Å². The standard InChI is InChI=1S/C40H31ClN2O9/c1-52-32-16-20(10-15-30(32)44)34-25-13-14-27-33(37(48)42(35(27)46)24-11-12-26(38(49)50)31(45)18-24)28(25)19-29-36(47)43(23-9-5-8-22(41)17-23)39(51)40(29,34)21-6-3-2-4-7-21/h2-13,15-18,27-29,33-34,44-45H,14,19H2,1H3,(H,49,50)/t27-,28+,29-,33-,34-,40+/m0/s1. The average molecular weight is 719 g/mol. The predicted octanol–water partition coefficient (Wildman–Crippen LogP) is 5.83. The van der Waals surface area contributed by atoms with Gasteiger partial charge >= 0.3 is 5.97 Å². The van der Waals surface area contributed by atoms with E-state index in [0.717, 1.165) is 17.0 Å². The number of carbonyl (C=O) groups is 5. The Balaban J connectivity index is 1.33. The summed E-state index contributed by atoms with van der Waals surface area (Å²) in [6, 6.07) is 23.8. The highest BCUT2D eigenvalue weighted by Gasteiger charge is 2.70. The monoisotopic (exact) mass is 718 g/mol. The summed E-state index contributed by atoms with van der Waals surface area (Å²) < 4.78 is 5.50. The van der Waals surface area contributed by atoms with Crippen LogP contribution in [0.5, 0.6) is 17.2 Å². The number of ether oxygens (including phenoxy) is 1. The zero-order valence-electron chi connectivity index (χ0n) is 27.6. The van der Waals surface area contributed by atoms with Crippen LogP contribution in [0.15, 0.2) is 103 Å². The van der Waals surface area contributed by atoms with E-state index >= 15 is 4.79 Å². The number of methoxy groups -OCH3 is 1. The maximum atomic E-state index is 15.3. The molecule has 4 aromatic carbocycles. The minimum Gasteiger partial charge on any atom is -0.507 e. The minimum atomic E-state index is -1.51. The summed E-state index contributed by atoms with van der Waals surface area (Å²) in [5, 5.41) is 30.8. The number of phenolic OH excluding ortho intramolecular Hbond substituents is 1. The van der Waals surface area contributed by atoms with Crippen LogP contribution in [0.25, 0.3) is 0 Å². The Kier molecular flexibility index (Phi) is 7.72. The van der Waals surface area contributed by atoms with Crippen LogP contribution in [0.1, 0.15) is 40.2 Å². The van der Waals surface area contributed by atoms with Crippen LogP contribution < -0.4 is 14.5 Å². The van der Waals surface area contributed by atoms with Gasteiger partial charge in [0.2, 0.25) is 23.6 Å². The number of anilines is 2. The van der Waals surface area contributed by atoms with Crippen LogP contribution in [-0.2, 0) is 24.6 Å². The van der Waals surface area contributed by atoms with Crippen molar-refractivity contribution in [1.29, 1.82) is 0 Å². The van der Waals surface area contributed by atoms with E-state index in [4.69, 9.17) is 16.3 Å². The van der Waals surface area contributed by atoms with Gasteiger partial charge in [0.05, 0.1) is 41.7 Å². The first-order chi connectivity index (χ1) is 25.0. The highest BCUT2D eigenvalue weighted by Crippen LogP contribution is 2.65. The van der Waals surface area contributed by atoms with Gasteiger partial charge in [-0.05, 0) is 72.4 Å².